The highest BCUT2D eigenvalue weighted by Gasteiger charge is 2.11. The van der Waals surface area contributed by atoms with Crippen LogP contribution < -0.4 is 4.74 Å². The third kappa shape index (κ3) is 1.60. The molecule has 0 aliphatic heterocycles. The van der Waals surface area contributed by atoms with E-state index in [-0.39, 0.29) is 5.82 Å². The number of nitrogens with zero attached hydrogens (tertiary/aromatic N) is 3. The predicted octanol–water partition coefficient (Wildman–Crippen LogP) is 2.57. The summed E-state index contributed by atoms with van der Waals surface area (Å²) in [5.41, 5.74) is 0.679. The topological polar surface area (TPSA) is 39.9 Å². The molecule has 0 bridgehead atoms. The van der Waals surface area contributed by atoms with E-state index in [1.807, 2.05) is 0 Å². The van der Waals surface area contributed by atoms with E-state index in [0.29, 0.717) is 22.6 Å². The SMILES string of the molecule is COc1ccc2c(F)cn(-c3ncccn3)c2c1. The van der Waals surface area contributed by atoms with Gasteiger partial charge in [0.15, 0.2) is 0 Å². The number of rotatable bonds is 2. The Morgan fingerprint density at radius 3 is 2.72 bits per heavy atom. The predicted molar refractivity (Wildman–Crippen MR) is 65.4 cm³/mol. The van der Waals surface area contributed by atoms with Gasteiger partial charge in [-0.25, -0.2) is 14.4 Å². The second kappa shape index (κ2) is 4.10. The lowest BCUT2D eigenvalue weighted by molar-refractivity contribution is 0.415. The van der Waals surface area contributed by atoms with Gasteiger partial charge in [-0.3, -0.25) is 4.57 Å². The van der Waals surface area contributed by atoms with Crippen molar-refractivity contribution in [3.05, 3.63) is 48.7 Å². The number of ether oxygens (including phenoxy) is 1. The van der Waals surface area contributed by atoms with Crippen LogP contribution in [-0.2, 0) is 0 Å². The Balaban J connectivity index is 2.29. The van der Waals surface area contributed by atoms with Gasteiger partial charge in [0.25, 0.3) is 0 Å². The van der Waals surface area contributed by atoms with Crippen LogP contribution in [0.2, 0.25) is 0 Å². The number of hydrogen-bond donors (Lipinski definition) is 0. The van der Waals surface area contributed by atoms with Gasteiger partial charge in [0.2, 0.25) is 5.95 Å². The summed E-state index contributed by atoms with van der Waals surface area (Å²) in [6.07, 6.45) is 4.61. The number of benzene rings is 1. The van der Waals surface area contributed by atoms with Crippen LogP contribution in [0.3, 0.4) is 0 Å². The first-order valence-corrected chi connectivity index (χ1v) is 5.41. The maximum absolute atomic E-state index is 13.8. The number of fused-ring (bicyclic) bond motifs is 1. The fraction of sp³-hybridized carbons (Fsp3) is 0.0769. The van der Waals surface area contributed by atoms with Crippen LogP contribution in [-0.4, -0.2) is 21.6 Å². The molecule has 0 spiro atoms. The molecule has 0 N–H and O–H groups in total. The van der Waals surface area contributed by atoms with Crippen LogP contribution in [0.5, 0.6) is 5.75 Å². The van der Waals surface area contributed by atoms with Crippen molar-refractivity contribution < 1.29 is 9.13 Å². The molecule has 5 heteroatoms. The second-order valence-electron chi connectivity index (χ2n) is 3.78. The molecule has 0 fully saturated rings. The minimum atomic E-state index is -0.305. The molecule has 0 saturated heterocycles. The summed E-state index contributed by atoms with van der Waals surface area (Å²) < 4.78 is 20.6. The van der Waals surface area contributed by atoms with Crippen LogP contribution in [0.4, 0.5) is 4.39 Å². The quantitative estimate of drug-likeness (QED) is 0.694. The van der Waals surface area contributed by atoms with Gasteiger partial charge in [-0.05, 0) is 18.2 Å². The van der Waals surface area contributed by atoms with Crippen LogP contribution in [0.25, 0.3) is 16.9 Å². The van der Waals surface area contributed by atoms with Crippen molar-refractivity contribution in [2.24, 2.45) is 0 Å². The summed E-state index contributed by atoms with van der Waals surface area (Å²) in [6, 6.07) is 6.88. The molecule has 1 aromatic carbocycles. The van der Waals surface area contributed by atoms with Crippen molar-refractivity contribution in [1.82, 2.24) is 14.5 Å². The van der Waals surface area contributed by atoms with E-state index in [2.05, 4.69) is 9.97 Å². The largest absolute Gasteiger partial charge is 0.497 e. The van der Waals surface area contributed by atoms with Crippen molar-refractivity contribution in [2.45, 2.75) is 0 Å². The lowest BCUT2D eigenvalue weighted by Gasteiger charge is -2.04. The fourth-order valence-electron chi connectivity index (χ4n) is 1.87. The van der Waals surface area contributed by atoms with E-state index < -0.39 is 0 Å². The van der Waals surface area contributed by atoms with E-state index in [1.54, 1.807) is 48.3 Å². The molecule has 2 heterocycles. The van der Waals surface area contributed by atoms with Crippen LogP contribution in [0, 0.1) is 5.82 Å². The standard InChI is InChI=1S/C13H10FN3O/c1-18-9-3-4-10-11(14)8-17(12(10)7-9)13-15-5-2-6-16-13/h2-8H,1H3. The first-order valence-electron chi connectivity index (χ1n) is 5.41. The molecule has 4 nitrogen and oxygen atoms in total. The number of methoxy groups -OCH3 is 1. The molecular weight excluding hydrogens is 233 g/mol. The van der Waals surface area contributed by atoms with Gasteiger partial charge in [0, 0.05) is 30.0 Å². The van der Waals surface area contributed by atoms with Crippen LogP contribution in [0.15, 0.2) is 42.9 Å². The van der Waals surface area contributed by atoms with Gasteiger partial charge in [0.1, 0.15) is 11.6 Å². The monoisotopic (exact) mass is 243 g/mol. The van der Waals surface area contributed by atoms with Crippen molar-refractivity contribution in [3.63, 3.8) is 0 Å². The van der Waals surface area contributed by atoms with Gasteiger partial charge >= 0.3 is 0 Å². The Bertz CT molecular complexity index is 694. The zero-order chi connectivity index (χ0) is 12.5. The minimum Gasteiger partial charge on any atom is -0.497 e. The van der Waals surface area contributed by atoms with Gasteiger partial charge in [0.05, 0.1) is 12.6 Å². The van der Waals surface area contributed by atoms with E-state index in [9.17, 15) is 4.39 Å². The molecule has 3 aromatic rings. The van der Waals surface area contributed by atoms with E-state index in [4.69, 9.17) is 4.74 Å². The molecule has 0 atom stereocenters. The molecule has 0 unspecified atom stereocenters. The average Bonchev–Trinajstić information content (AvgIpc) is 2.76. The molecule has 0 amide bonds. The molecule has 0 radical (unpaired) electrons. The number of aromatic nitrogens is 3. The normalized spacial score (nSPS) is 10.8. The Hall–Kier alpha value is -2.43. The van der Waals surface area contributed by atoms with Crippen molar-refractivity contribution >= 4 is 10.9 Å². The Morgan fingerprint density at radius 2 is 2.00 bits per heavy atom. The summed E-state index contributed by atoms with van der Waals surface area (Å²) in [6.45, 7) is 0. The minimum absolute atomic E-state index is 0.305. The van der Waals surface area contributed by atoms with Gasteiger partial charge in [-0.2, -0.15) is 0 Å². The molecule has 0 aliphatic rings. The lowest BCUT2D eigenvalue weighted by atomic mass is 10.2. The fourth-order valence-corrected chi connectivity index (χ4v) is 1.87. The summed E-state index contributed by atoms with van der Waals surface area (Å²) in [5, 5.41) is 0.517. The smallest absolute Gasteiger partial charge is 0.234 e. The van der Waals surface area contributed by atoms with Gasteiger partial charge < -0.3 is 4.74 Å². The highest BCUT2D eigenvalue weighted by Crippen LogP contribution is 2.26. The molecule has 2 aromatic heterocycles. The third-order valence-electron chi connectivity index (χ3n) is 2.73. The third-order valence-corrected chi connectivity index (χ3v) is 2.73. The summed E-state index contributed by atoms with van der Waals surface area (Å²) in [7, 11) is 1.57. The zero-order valence-electron chi connectivity index (χ0n) is 9.67. The Labute approximate surface area is 103 Å². The Kier molecular flexibility index (Phi) is 2.44. The molecule has 0 aliphatic carbocycles. The highest BCUT2D eigenvalue weighted by molar-refractivity contribution is 5.83. The van der Waals surface area contributed by atoms with Crippen molar-refractivity contribution in [1.29, 1.82) is 0 Å². The van der Waals surface area contributed by atoms with Crippen molar-refractivity contribution in [2.75, 3.05) is 7.11 Å². The van der Waals surface area contributed by atoms with Crippen LogP contribution in [0.1, 0.15) is 0 Å². The number of halogens is 1. The Morgan fingerprint density at radius 1 is 1.22 bits per heavy atom. The molecule has 0 saturated carbocycles. The van der Waals surface area contributed by atoms with E-state index in [1.165, 1.54) is 6.20 Å². The van der Waals surface area contributed by atoms with Crippen molar-refractivity contribution in [3.8, 4) is 11.7 Å². The number of hydrogen-bond acceptors (Lipinski definition) is 3. The molecule has 18 heavy (non-hydrogen) atoms. The summed E-state index contributed by atoms with van der Waals surface area (Å²) in [4.78, 5) is 8.22. The first-order chi connectivity index (χ1) is 8.79. The van der Waals surface area contributed by atoms with Gasteiger partial charge in [-0.1, -0.05) is 0 Å². The second-order valence-corrected chi connectivity index (χ2v) is 3.78. The van der Waals surface area contributed by atoms with Gasteiger partial charge in [-0.15, -0.1) is 0 Å². The molecule has 3 rings (SSSR count). The lowest BCUT2D eigenvalue weighted by Crippen LogP contribution is -1.98. The molecule has 90 valence electrons. The summed E-state index contributed by atoms with van der Waals surface area (Å²) in [5.74, 6) is 0.789. The maximum Gasteiger partial charge on any atom is 0.234 e. The highest BCUT2D eigenvalue weighted by atomic mass is 19.1. The van der Waals surface area contributed by atoms with Crippen LogP contribution >= 0.6 is 0 Å². The van der Waals surface area contributed by atoms with E-state index in [0.717, 1.165) is 0 Å². The zero-order valence-corrected chi connectivity index (χ0v) is 9.67. The maximum atomic E-state index is 13.8. The summed E-state index contributed by atoms with van der Waals surface area (Å²) >= 11 is 0. The first kappa shape index (κ1) is 10.7. The average molecular weight is 243 g/mol. The molecular formula is C13H10FN3O. The van der Waals surface area contributed by atoms with E-state index >= 15 is 0 Å².